The minimum Gasteiger partial charge on any atom is -0.356 e. The van der Waals surface area contributed by atoms with E-state index < -0.39 is 0 Å². The van der Waals surface area contributed by atoms with E-state index in [4.69, 9.17) is 0 Å². The van der Waals surface area contributed by atoms with Crippen LogP contribution in [0, 0.1) is 3.57 Å². The Bertz CT molecular complexity index is 316. The second-order valence-corrected chi connectivity index (χ2v) is 3.74. The molecular formula is C10H10INO. The summed E-state index contributed by atoms with van der Waals surface area (Å²) >= 11 is 2.24. The number of hydrogen-bond donors (Lipinski definition) is 1. The lowest BCUT2D eigenvalue weighted by Gasteiger charge is -1.93. The first-order chi connectivity index (χ1) is 6.22. The first-order valence-electron chi connectivity index (χ1n) is 3.88. The molecular weight excluding hydrogens is 277 g/mol. The molecule has 0 saturated carbocycles. The number of carbonyl (C=O) groups excluding carboxylic acids is 1. The molecule has 0 heterocycles. The molecule has 0 unspecified atom stereocenters. The standard InChI is InChI=1S/C10H10INO/c1-12-10(13)7-4-8-2-5-9(11)6-3-8/h2-7H,1H3,(H,12,13)/b7-4+. The van der Waals surface area contributed by atoms with Crippen molar-refractivity contribution in [3.63, 3.8) is 0 Å². The molecule has 0 aliphatic rings. The highest BCUT2D eigenvalue weighted by Crippen LogP contribution is 2.07. The van der Waals surface area contributed by atoms with Gasteiger partial charge in [0, 0.05) is 16.7 Å². The number of hydrogen-bond acceptors (Lipinski definition) is 1. The van der Waals surface area contributed by atoms with Crippen LogP contribution in [0.5, 0.6) is 0 Å². The third kappa shape index (κ3) is 3.59. The van der Waals surface area contributed by atoms with Crippen LogP contribution in [0.25, 0.3) is 6.08 Å². The zero-order chi connectivity index (χ0) is 9.68. The van der Waals surface area contributed by atoms with Crippen LogP contribution in [0.15, 0.2) is 30.3 Å². The summed E-state index contributed by atoms with van der Waals surface area (Å²) in [5.74, 6) is -0.0847. The van der Waals surface area contributed by atoms with Gasteiger partial charge in [-0.2, -0.15) is 0 Å². The van der Waals surface area contributed by atoms with Gasteiger partial charge >= 0.3 is 0 Å². The number of rotatable bonds is 2. The molecule has 0 aromatic heterocycles. The van der Waals surface area contributed by atoms with Crippen molar-refractivity contribution in [3.8, 4) is 0 Å². The zero-order valence-electron chi connectivity index (χ0n) is 7.25. The molecule has 1 amide bonds. The SMILES string of the molecule is CNC(=O)/C=C/c1ccc(I)cc1. The Hall–Kier alpha value is -0.840. The van der Waals surface area contributed by atoms with Crippen LogP contribution < -0.4 is 5.32 Å². The predicted octanol–water partition coefficient (Wildman–Crippen LogP) is 2.05. The molecule has 1 rings (SSSR count). The lowest BCUT2D eigenvalue weighted by Crippen LogP contribution is -2.13. The van der Waals surface area contributed by atoms with Crippen LogP contribution in [0.2, 0.25) is 0 Å². The van der Waals surface area contributed by atoms with Gasteiger partial charge < -0.3 is 5.32 Å². The topological polar surface area (TPSA) is 29.1 Å². The molecule has 0 atom stereocenters. The van der Waals surface area contributed by atoms with Crippen LogP contribution in [0.3, 0.4) is 0 Å². The van der Waals surface area contributed by atoms with Crippen molar-refractivity contribution in [2.45, 2.75) is 0 Å². The van der Waals surface area contributed by atoms with E-state index in [9.17, 15) is 4.79 Å². The Morgan fingerprint density at radius 2 is 2.00 bits per heavy atom. The average Bonchev–Trinajstić information content (AvgIpc) is 2.16. The maximum absolute atomic E-state index is 10.9. The molecule has 0 saturated heterocycles. The summed E-state index contributed by atoms with van der Waals surface area (Å²) in [6, 6.07) is 7.95. The summed E-state index contributed by atoms with van der Waals surface area (Å²) < 4.78 is 1.19. The quantitative estimate of drug-likeness (QED) is 0.654. The van der Waals surface area contributed by atoms with Gasteiger partial charge in [-0.25, -0.2) is 0 Å². The number of benzene rings is 1. The smallest absolute Gasteiger partial charge is 0.243 e. The Morgan fingerprint density at radius 1 is 1.38 bits per heavy atom. The Balaban J connectivity index is 2.69. The van der Waals surface area contributed by atoms with E-state index >= 15 is 0 Å². The van der Waals surface area contributed by atoms with E-state index in [0.717, 1.165) is 5.56 Å². The molecule has 0 aliphatic carbocycles. The molecule has 2 nitrogen and oxygen atoms in total. The maximum Gasteiger partial charge on any atom is 0.243 e. The minimum atomic E-state index is -0.0847. The third-order valence-electron chi connectivity index (χ3n) is 1.54. The molecule has 0 radical (unpaired) electrons. The molecule has 0 aliphatic heterocycles. The van der Waals surface area contributed by atoms with Gasteiger partial charge in [-0.1, -0.05) is 12.1 Å². The Labute approximate surface area is 91.2 Å². The molecule has 0 bridgehead atoms. The van der Waals surface area contributed by atoms with E-state index in [1.165, 1.54) is 9.65 Å². The zero-order valence-corrected chi connectivity index (χ0v) is 9.41. The number of amides is 1. The summed E-state index contributed by atoms with van der Waals surface area (Å²) in [6.07, 6.45) is 3.30. The van der Waals surface area contributed by atoms with Gasteiger partial charge in [0.15, 0.2) is 0 Å². The fraction of sp³-hybridized carbons (Fsp3) is 0.100. The van der Waals surface area contributed by atoms with E-state index in [1.54, 1.807) is 13.1 Å². The molecule has 0 spiro atoms. The summed E-state index contributed by atoms with van der Waals surface area (Å²) in [7, 11) is 1.61. The summed E-state index contributed by atoms with van der Waals surface area (Å²) in [6.45, 7) is 0. The van der Waals surface area contributed by atoms with E-state index in [2.05, 4.69) is 27.9 Å². The first kappa shape index (κ1) is 10.2. The predicted molar refractivity (Wildman–Crippen MR) is 62.3 cm³/mol. The highest BCUT2D eigenvalue weighted by molar-refractivity contribution is 14.1. The fourth-order valence-electron chi connectivity index (χ4n) is 0.829. The summed E-state index contributed by atoms with van der Waals surface area (Å²) in [5, 5.41) is 2.52. The number of likely N-dealkylation sites (N-methyl/N-ethyl adjacent to an activating group) is 1. The summed E-state index contributed by atoms with van der Waals surface area (Å²) in [4.78, 5) is 10.9. The fourth-order valence-corrected chi connectivity index (χ4v) is 1.19. The van der Waals surface area contributed by atoms with Crippen molar-refractivity contribution in [1.29, 1.82) is 0 Å². The normalized spacial score (nSPS) is 10.3. The van der Waals surface area contributed by atoms with Crippen LogP contribution in [-0.2, 0) is 4.79 Å². The van der Waals surface area contributed by atoms with Crippen molar-refractivity contribution < 1.29 is 4.79 Å². The lowest BCUT2D eigenvalue weighted by atomic mass is 10.2. The van der Waals surface area contributed by atoms with Crippen molar-refractivity contribution in [3.05, 3.63) is 39.5 Å². The molecule has 1 aromatic carbocycles. The van der Waals surface area contributed by atoms with Crippen molar-refractivity contribution in [1.82, 2.24) is 5.32 Å². The first-order valence-corrected chi connectivity index (χ1v) is 4.95. The lowest BCUT2D eigenvalue weighted by molar-refractivity contribution is -0.115. The minimum absolute atomic E-state index is 0.0847. The second kappa shape index (κ2) is 5.01. The van der Waals surface area contributed by atoms with Crippen LogP contribution >= 0.6 is 22.6 Å². The van der Waals surface area contributed by atoms with Crippen molar-refractivity contribution in [2.75, 3.05) is 7.05 Å². The second-order valence-electron chi connectivity index (χ2n) is 2.50. The van der Waals surface area contributed by atoms with Crippen molar-refractivity contribution >= 4 is 34.6 Å². The average molecular weight is 287 g/mol. The van der Waals surface area contributed by atoms with Crippen molar-refractivity contribution in [2.24, 2.45) is 0 Å². The Kier molecular flexibility index (Phi) is 3.95. The van der Waals surface area contributed by atoms with Gasteiger partial charge in [0.2, 0.25) is 5.91 Å². The van der Waals surface area contributed by atoms with Gasteiger partial charge in [0.05, 0.1) is 0 Å². The van der Waals surface area contributed by atoms with Gasteiger partial charge in [-0.05, 0) is 46.4 Å². The van der Waals surface area contributed by atoms with E-state index in [-0.39, 0.29) is 5.91 Å². The number of carbonyl (C=O) groups is 1. The van der Waals surface area contributed by atoms with Crippen LogP contribution in [-0.4, -0.2) is 13.0 Å². The maximum atomic E-state index is 10.9. The van der Waals surface area contributed by atoms with Gasteiger partial charge in [-0.3, -0.25) is 4.79 Å². The van der Waals surface area contributed by atoms with Gasteiger partial charge in [-0.15, -0.1) is 0 Å². The molecule has 0 fully saturated rings. The largest absolute Gasteiger partial charge is 0.356 e. The molecule has 1 aromatic rings. The van der Waals surface area contributed by atoms with E-state index in [0.29, 0.717) is 0 Å². The Morgan fingerprint density at radius 3 is 2.54 bits per heavy atom. The van der Waals surface area contributed by atoms with E-state index in [1.807, 2.05) is 24.3 Å². The molecule has 3 heteroatoms. The molecule has 68 valence electrons. The number of nitrogens with one attached hydrogen (secondary N) is 1. The molecule has 13 heavy (non-hydrogen) atoms. The van der Waals surface area contributed by atoms with Gasteiger partial charge in [0.1, 0.15) is 0 Å². The summed E-state index contributed by atoms with van der Waals surface area (Å²) in [5.41, 5.74) is 1.03. The van der Waals surface area contributed by atoms with Crippen LogP contribution in [0.1, 0.15) is 5.56 Å². The molecule has 1 N–H and O–H groups in total. The highest BCUT2D eigenvalue weighted by Gasteiger charge is 1.90. The monoisotopic (exact) mass is 287 g/mol. The highest BCUT2D eigenvalue weighted by atomic mass is 127. The third-order valence-corrected chi connectivity index (χ3v) is 2.26. The van der Waals surface area contributed by atoms with Gasteiger partial charge in [0.25, 0.3) is 0 Å². The van der Waals surface area contributed by atoms with Crippen LogP contribution in [0.4, 0.5) is 0 Å². The number of halogens is 1.